The van der Waals surface area contributed by atoms with Gasteiger partial charge in [0.05, 0.1) is 28.5 Å². The van der Waals surface area contributed by atoms with Gasteiger partial charge in [-0.15, -0.1) is 0 Å². The highest BCUT2D eigenvalue weighted by molar-refractivity contribution is 6.32. The third-order valence-corrected chi connectivity index (χ3v) is 2.40. The first-order valence-electron chi connectivity index (χ1n) is 4.74. The lowest BCUT2D eigenvalue weighted by Crippen LogP contribution is -2.10. The lowest BCUT2D eigenvalue weighted by Gasteiger charge is -2.06. The summed E-state index contributed by atoms with van der Waals surface area (Å²) in [6, 6.07) is 1.85. The van der Waals surface area contributed by atoms with Crippen molar-refractivity contribution in [3.8, 4) is 0 Å². The van der Waals surface area contributed by atoms with Crippen LogP contribution in [0.15, 0.2) is 12.1 Å². The van der Waals surface area contributed by atoms with Crippen LogP contribution in [0.2, 0.25) is 5.02 Å². The van der Waals surface area contributed by atoms with E-state index in [0.29, 0.717) is 0 Å². The summed E-state index contributed by atoms with van der Waals surface area (Å²) < 4.78 is 17.8. The minimum atomic E-state index is -0.809. The summed E-state index contributed by atoms with van der Waals surface area (Å²) in [4.78, 5) is 21.2. The minimum absolute atomic E-state index is 0.138. The predicted molar refractivity (Wildman–Crippen MR) is 58.4 cm³/mol. The first kappa shape index (κ1) is 13.4. The maximum Gasteiger partial charge on any atom is 0.310 e. The lowest BCUT2D eigenvalue weighted by atomic mass is 10.1. The van der Waals surface area contributed by atoms with Gasteiger partial charge in [0.25, 0.3) is 5.69 Å². The molecule has 0 aliphatic rings. The van der Waals surface area contributed by atoms with E-state index < -0.39 is 33.8 Å². The van der Waals surface area contributed by atoms with E-state index in [2.05, 4.69) is 4.74 Å². The highest BCUT2D eigenvalue weighted by Gasteiger charge is 2.22. The van der Waals surface area contributed by atoms with E-state index in [9.17, 15) is 19.3 Å². The second kappa shape index (κ2) is 5.58. The molecule has 0 aromatic heterocycles. The lowest BCUT2D eigenvalue weighted by molar-refractivity contribution is -0.385. The Labute approximate surface area is 101 Å². The maximum absolute atomic E-state index is 13.2. The van der Waals surface area contributed by atoms with Crippen molar-refractivity contribution in [1.29, 1.82) is 0 Å². The number of ether oxygens (including phenoxy) is 1. The Hall–Kier alpha value is -1.69. The summed E-state index contributed by atoms with van der Waals surface area (Å²) in [7, 11) is 0. The van der Waals surface area contributed by atoms with E-state index in [1.165, 1.54) is 0 Å². The van der Waals surface area contributed by atoms with Gasteiger partial charge in [0, 0.05) is 6.07 Å². The van der Waals surface area contributed by atoms with Crippen LogP contribution in [0.3, 0.4) is 0 Å². The van der Waals surface area contributed by atoms with Crippen LogP contribution in [0.1, 0.15) is 12.5 Å². The van der Waals surface area contributed by atoms with E-state index in [0.717, 1.165) is 12.1 Å². The quantitative estimate of drug-likeness (QED) is 0.474. The van der Waals surface area contributed by atoms with Gasteiger partial charge in [-0.3, -0.25) is 14.9 Å². The van der Waals surface area contributed by atoms with Gasteiger partial charge in [0.15, 0.2) is 0 Å². The molecule has 0 fully saturated rings. The molecule has 1 rings (SSSR count). The van der Waals surface area contributed by atoms with Crippen molar-refractivity contribution >= 4 is 23.3 Å². The first-order valence-corrected chi connectivity index (χ1v) is 5.12. The number of carbonyl (C=O) groups is 1. The van der Waals surface area contributed by atoms with Crippen LogP contribution in [0.25, 0.3) is 0 Å². The number of halogens is 2. The number of carbonyl (C=O) groups excluding carboxylic acids is 1. The van der Waals surface area contributed by atoms with Crippen LogP contribution < -0.4 is 0 Å². The van der Waals surface area contributed by atoms with Crippen molar-refractivity contribution < 1.29 is 18.8 Å². The second-order valence-corrected chi connectivity index (χ2v) is 3.48. The number of benzene rings is 1. The summed E-state index contributed by atoms with van der Waals surface area (Å²) in [5, 5.41) is 10.3. The number of nitrogens with zero attached hydrogens (tertiary/aromatic N) is 1. The van der Waals surface area contributed by atoms with Crippen molar-refractivity contribution in [3.05, 3.63) is 38.7 Å². The third-order valence-electron chi connectivity index (χ3n) is 1.99. The molecule has 0 unspecified atom stereocenters. The average molecular weight is 262 g/mol. The van der Waals surface area contributed by atoms with E-state index >= 15 is 0 Å². The van der Waals surface area contributed by atoms with Gasteiger partial charge in [0.1, 0.15) is 5.82 Å². The van der Waals surface area contributed by atoms with Gasteiger partial charge >= 0.3 is 5.97 Å². The Morgan fingerprint density at radius 3 is 2.76 bits per heavy atom. The summed E-state index contributed by atoms with van der Waals surface area (Å²) >= 11 is 5.60. The topological polar surface area (TPSA) is 69.4 Å². The van der Waals surface area contributed by atoms with Crippen molar-refractivity contribution in [3.63, 3.8) is 0 Å². The monoisotopic (exact) mass is 261 g/mol. The summed E-state index contributed by atoms with van der Waals surface area (Å²) in [5.41, 5.74) is -0.570. The Morgan fingerprint density at radius 1 is 1.59 bits per heavy atom. The Kier molecular flexibility index (Phi) is 4.39. The summed E-state index contributed by atoms with van der Waals surface area (Å²) in [6.45, 7) is 1.74. The second-order valence-electron chi connectivity index (χ2n) is 3.10. The largest absolute Gasteiger partial charge is 0.466 e. The number of nitro groups is 1. The Balaban J connectivity index is 3.14. The number of nitro benzene ring substituents is 1. The summed E-state index contributed by atoms with van der Waals surface area (Å²) in [5.74, 6) is -1.50. The molecule has 92 valence electrons. The molecule has 5 nitrogen and oxygen atoms in total. The molecule has 0 aliphatic carbocycles. The fourth-order valence-electron chi connectivity index (χ4n) is 1.28. The number of rotatable bonds is 4. The first-order chi connectivity index (χ1) is 7.97. The number of hydrogen-bond donors (Lipinski definition) is 0. The van der Waals surface area contributed by atoms with Crippen molar-refractivity contribution in [2.75, 3.05) is 6.61 Å². The molecule has 0 radical (unpaired) electrons. The van der Waals surface area contributed by atoms with Gasteiger partial charge in [-0.2, -0.15) is 0 Å². The smallest absolute Gasteiger partial charge is 0.310 e. The van der Waals surface area contributed by atoms with Crippen LogP contribution in [-0.4, -0.2) is 17.5 Å². The van der Waals surface area contributed by atoms with E-state index in [1.807, 2.05) is 0 Å². The van der Waals surface area contributed by atoms with E-state index in [-0.39, 0.29) is 12.2 Å². The van der Waals surface area contributed by atoms with Gasteiger partial charge in [-0.05, 0) is 13.0 Å². The molecule has 17 heavy (non-hydrogen) atoms. The average Bonchev–Trinajstić information content (AvgIpc) is 2.25. The van der Waals surface area contributed by atoms with Crippen LogP contribution in [0, 0.1) is 15.9 Å². The van der Waals surface area contributed by atoms with E-state index in [4.69, 9.17) is 11.6 Å². The van der Waals surface area contributed by atoms with E-state index in [1.54, 1.807) is 6.92 Å². The zero-order chi connectivity index (χ0) is 13.0. The molecular formula is C10H9ClFNO4. The molecule has 0 amide bonds. The molecule has 7 heteroatoms. The molecule has 0 saturated carbocycles. The van der Waals surface area contributed by atoms with Gasteiger partial charge in [0.2, 0.25) is 0 Å². The Morgan fingerprint density at radius 2 is 2.24 bits per heavy atom. The molecule has 0 saturated heterocycles. The van der Waals surface area contributed by atoms with Crippen molar-refractivity contribution in [2.24, 2.45) is 0 Å². The van der Waals surface area contributed by atoms with Gasteiger partial charge < -0.3 is 4.74 Å². The molecule has 0 N–H and O–H groups in total. The van der Waals surface area contributed by atoms with Crippen LogP contribution >= 0.6 is 11.6 Å². The van der Waals surface area contributed by atoms with Crippen LogP contribution in [0.5, 0.6) is 0 Å². The molecule has 0 bridgehead atoms. The molecular weight excluding hydrogens is 253 g/mol. The SMILES string of the molecule is CCOC(=O)Cc1c([N+](=O)[O-])ccc(F)c1Cl. The maximum atomic E-state index is 13.2. The zero-order valence-corrected chi connectivity index (χ0v) is 9.66. The highest BCUT2D eigenvalue weighted by atomic mass is 35.5. The highest BCUT2D eigenvalue weighted by Crippen LogP contribution is 2.29. The molecule has 0 atom stereocenters. The third kappa shape index (κ3) is 3.13. The minimum Gasteiger partial charge on any atom is -0.466 e. The number of esters is 1. The zero-order valence-electron chi connectivity index (χ0n) is 8.91. The summed E-state index contributed by atoms with van der Waals surface area (Å²) in [6.07, 6.45) is -0.430. The van der Waals surface area contributed by atoms with Crippen LogP contribution in [0.4, 0.5) is 10.1 Å². The molecule has 0 aliphatic heterocycles. The van der Waals surface area contributed by atoms with Crippen molar-refractivity contribution in [1.82, 2.24) is 0 Å². The standard InChI is InChI=1S/C10H9ClFNO4/c1-2-17-9(14)5-6-8(13(15)16)4-3-7(12)10(6)11/h3-4H,2,5H2,1H3. The Bertz CT molecular complexity index is 464. The van der Waals surface area contributed by atoms with Gasteiger partial charge in [-0.1, -0.05) is 11.6 Å². The van der Waals surface area contributed by atoms with Gasteiger partial charge in [-0.25, -0.2) is 4.39 Å². The van der Waals surface area contributed by atoms with Crippen molar-refractivity contribution in [2.45, 2.75) is 13.3 Å². The molecule has 0 heterocycles. The predicted octanol–water partition coefficient (Wildman–Crippen LogP) is 2.49. The normalized spacial score (nSPS) is 10.1. The fraction of sp³-hybridized carbons (Fsp3) is 0.300. The molecule has 0 spiro atoms. The fourth-order valence-corrected chi connectivity index (χ4v) is 1.50. The molecule has 1 aromatic rings. The molecule has 1 aromatic carbocycles. The van der Waals surface area contributed by atoms with Crippen LogP contribution in [-0.2, 0) is 16.0 Å². The number of hydrogen-bond acceptors (Lipinski definition) is 4.